The Morgan fingerprint density at radius 2 is 1.76 bits per heavy atom. The first-order valence-corrected chi connectivity index (χ1v) is 10.2. The van der Waals surface area contributed by atoms with Crippen LogP contribution in [0.5, 0.6) is 0 Å². The molecule has 1 heterocycles. The Morgan fingerprint density at radius 1 is 1.04 bits per heavy atom. The van der Waals surface area contributed by atoms with Crippen molar-refractivity contribution in [3.63, 3.8) is 0 Å². The molecule has 5 heteroatoms. The fourth-order valence-electron chi connectivity index (χ4n) is 4.02. The zero-order chi connectivity index (χ0) is 17.8. The van der Waals surface area contributed by atoms with Crippen LogP contribution < -0.4 is 0 Å². The van der Waals surface area contributed by atoms with Crippen LogP contribution >= 0.6 is 0 Å². The van der Waals surface area contributed by atoms with Crippen molar-refractivity contribution in [3.05, 3.63) is 64.2 Å². The van der Waals surface area contributed by atoms with E-state index in [0.717, 1.165) is 29.1 Å². The normalized spacial score (nSPS) is 19.4. The molecular weight excluding hydrogens is 334 g/mol. The van der Waals surface area contributed by atoms with Crippen LogP contribution in [0.2, 0.25) is 0 Å². The Morgan fingerprint density at radius 3 is 2.48 bits per heavy atom. The Labute approximate surface area is 148 Å². The lowest BCUT2D eigenvalue weighted by Gasteiger charge is -2.25. The van der Waals surface area contributed by atoms with E-state index < -0.39 is 22.0 Å². The molecule has 0 N–H and O–H groups in total. The third kappa shape index (κ3) is 2.41. The zero-order valence-corrected chi connectivity index (χ0v) is 15.3. The van der Waals surface area contributed by atoms with Crippen LogP contribution in [0.4, 0.5) is 0 Å². The van der Waals surface area contributed by atoms with Gasteiger partial charge in [-0.05, 0) is 67.9 Å². The van der Waals surface area contributed by atoms with E-state index in [1.165, 1.54) is 17.5 Å². The molecule has 130 valence electrons. The van der Waals surface area contributed by atoms with E-state index in [1.54, 1.807) is 32.0 Å². The number of carbonyl (C=O) groups excluding carboxylic acids is 1. The number of hydrogen-bond acceptors (Lipinski definition) is 3. The highest BCUT2D eigenvalue weighted by Crippen LogP contribution is 2.39. The lowest BCUT2D eigenvalue weighted by Crippen LogP contribution is -2.33. The fourth-order valence-corrected chi connectivity index (χ4v) is 5.98. The summed E-state index contributed by atoms with van der Waals surface area (Å²) in [6.45, 7) is 3.53. The number of amides is 1. The quantitative estimate of drug-likeness (QED) is 0.824. The number of hydrogen-bond donors (Lipinski definition) is 0. The van der Waals surface area contributed by atoms with Gasteiger partial charge in [0.2, 0.25) is 0 Å². The van der Waals surface area contributed by atoms with Crippen molar-refractivity contribution in [1.82, 2.24) is 4.31 Å². The molecule has 0 saturated carbocycles. The Kier molecular flexibility index (Phi) is 3.72. The first-order valence-electron chi connectivity index (χ1n) is 8.71. The Bertz CT molecular complexity index is 978. The lowest BCUT2D eigenvalue weighted by atomic mass is 9.89. The van der Waals surface area contributed by atoms with E-state index in [0.29, 0.717) is 5.56 Å². The van der Waals surface area contributed by atoms with Crippen molar-refractivity contribution in [1.29, 1.82) is 0 Å². The highest BCUT2D eigenvalue weighted by atomic mass is 32.2. The number of sulfonamides is 1. The average molecular weight is 355 g/mol. The number of aryl methyl sites for hydroxylation is 3. The number of benzene rings is 2. The fraction of sp³-hybridized carbons (Fsp3) is 0.350. The maximum absolute atomic E-state index is 13.0. The van der Waals surface area contributed by atoms with Gasteiger partial charge in [0.05, 0.1) is 11.6 Å². The van der Waals surface area contributed by atoms with Crippen molar-refractivity contribution in [2.24, 2.45) is 0 Å². The van der Waals surface area contributed by atoms with Crippen LogP contribution in [0, 0.1) is 6.92 Å². The third-order valence-electron chi connectivity index (χ3n) is 5.37. The molecule has 1 aliphatic carbocycles. The second kappa shape index (κ2) is 5.70. The molecule has 0 radical (unpaired) electrons. The van der Waals surface area contributed by atoms with Crippen molar-refractivity contribution in [3.8, 4) is 0 Å². The summed E-state index contributed by atoms with van der Waals surface area (Å²) < 4.78 is 27.1. The summed E-state index contributed by atoms with van der Waals surface area (Å²) in [4.78, 5) is 13.0. The van der Waals surface area contributed by atoms with Gasteiger partial charge in [0.1, 0.15) is 4.90 Å². The summed E-state index contributed by atoms with van der Waals surface area (Å²) in [5, 5.41) is 0. The predicted octanol–water partition coefficient (Wildman–Crippen LogP) is 3.78. The van der Waals surface area contributed by atoms with Gasteiger partial charge in [-0.15, -0.1) is 0 Å². The molecule has 0 saturated heterocycles. The summed E-state index contributed by atoms with van der Waals surface area (Å²) in [5.74, 6) is -0.427. The van der Waals surface area contributed by atoms with Gasteiger partial charge in [0, 0.05) is 0 Å². The topological polar surface area (TPSA) is 54.5 Å². The monoisotopic (exact) mass is 355 g/mol. The van der Waals surface area contributed by atoms with E-state index in [-0.39, 0.29) is 10.5 Å². The Balaban J connectivity index is 1.78. The molecule has 4 nitrogen and oxygen atoms in total. The molecule has 1 unspecified atom stereocenters. The highest BCUT2D eigenvalue weighted by molar-refractivity contribution is 7.90. The molecule has 1 atom stereocenters. The number of carbonyl (C=O) groups is 1. The second-order valence-corrected chi connectivity index (χ2v) is 8.72. The summed E-state index contributed by atoms with van der Waals surface area (Å²) in [6, 6.07) is 10.7. The smallest absolute Gasteiger partial charge is 0.268 e. The molecule has 0 spiro atoms. The van der Waals surface area contributed by atoms with Crippen LogP contribution in [0.3, 0.4) is 0 Å². The van der Waals surface area contributed by atoms with E-state index in [9.17, 15) is 13.2 Å². The van der Waals surface area contributed by atoms with Gasteiger partial charge in [-0.25, -0.2) is 12.7 Å². The van der Waals surface area contributed by atoms with Crippen molar-refractivity contribution in [2.75, 3.05) is 0 Å². The zero-order valence-electron chi connectivity index (χ0n) is 14.5. The van der Waals surface area contributed by atoms with Gasteiger partial charge in [-0.3, -0.25) is 4.79 Å². The summed E-state index contributed by atoms with van der Waals surface area (Å²) in [5.41, 5.74) is 4.41. The SMILES string of the molecule is Cc1cccc2c1S(=O)(=O)N(C(C)c1ccc3c(c1)CCCC3)C2=O. The summed E-state index contributed by atoms with van der Waals surface area (Å²) >= 11 is 0. The van der Waals surface area contributed by atoms with Gasteiger partial charge in [-0.1, -0.05) is 30.3 Å². The molecule has 0 aromatic heterocycles. The molecule has 25 heavy (non-hydrogen) atoms. The molecule has 1 aliphatic heterocycles. The van der Waals surface area contributed by atoms with E-state index in [4.69, 9.17) is 0 Å². The maximum Gasteiger partial charge on any atom is 0.269 e. The average Bonchev–Trinajstić information content (AvgIpc) is 2.81. The second-order valence-electron chi connectivity index (χ2n) is 6.97. The number of nitrogens with zero attached hydrogens (tertiary/aromatic N) is 1. The van der Waals surface area contributed by atoms with Crippen LogP contribution in [0.25, 0.3) is 0 Å². The standard InChI is InChI=1S/C20H21NO3S/c1-13-6-5-9-18-19(13)25(23,24)21(20(18)22)14(2)16-11-10-15-7-3-4-8-17(15)12-16/h5-6,9-12,14H,3-4,7-8H2,1-2H3. The minimum atomic E-state index is -3.81. The van der Waals surface area contributed by atoms with Gasteiger partial charge in [-0.2, -0.15) is 0 Å². The largest absolute Gasteiger partial charge is 0.269 e. The third-order valence-corrected chi connectivity index (χ3v) is 7.42. The van der Waals surface area contributed by atoms with Gasteiger partial charge >= 0.3 is 0 Å². The summed E-state index contributed by atoms with van der Waals surface area (Å²) in [6.07, 6.45) is 4.47. The molecule has 2 aromatic carbocycles. The highest BCUT2D eigenvalue weighted by Gasteiger charge is 2.45. The van der Waals surface area contributed by atoms with Crippen LogP contribution in [0.1, 0.15) is 58.4 Å². The van der Waals surface area contributed by atoms with Crippen LogP contribution in [-0.4, -0.2) is 18.6 Å². The lowest BCUT2D eigenvalue weighted by molar-refractivity contribution is 0.0839. The predicted molar refractivity (Wildman–Crippen MR) is 96.0 cm³/mol. The van der Waals surface area contributed by atoms with Gasteiger partial charge in [0.15, 0.2) is 0 Å². The molecule has 2 aliphatic rings. The van der Waals surface area contributed by atoms with E-state index in [1.807, 2.05) is 6.07 Å². The van der Waals surface area contributed by atoms with Crippen LogP contribution in [0.15, 0.2) is 41.3 Å². The summed E-state index contributed by atoms with van der Waals surface area (Å²) in [7, 11) is -3.81. The molecule has 1 amide bonds. The van der Waals surface area contributed by atoms with Crippen molar-refractivity contribution >= 4 is 15.9 Å². The Hall–Kier alpha value is -2.14. The number of fused-ring (bicyclic) bond motifs is 2. The molecule has 2 aromatic rings. The minimum Gasteiger partial charge on any atom is -0.268 e. The van der Waals surface area contributed by atoms with Gasteiger partial charge < -0.3 is 0 Å². The van der Waals surface area contributed by atoms with Crippen LogP contribution in [-0.2, 0) is 22.9 Å². The van der Waals surface area contributed by atoms with E-state index >= 15 is 0 Å². The molecule has 0 fully saturated rings. The molecule has 0 bridgehead atoms. The van der Waals surface area contributed by atoms with E-state index in [2.05, 4.69) is 12.1 Å². The maximum atomic E-state index is 13.0. The molecular formula is C20H21NO3S. The van der Waals surface area contributed by atoms with Gasteiger partial charge in [0.25, 0.3) is 15.9 Å². The first-order chi connectivity index (χ1) is 11.9. The van der Waals surface area contributed by atoms with Crippen molar-refractivity contribution < 1.29 is 13.2 Å². The van der Waals surface area contributed by atoms with Crippen molar-refractivity contribution in [2.45, 2.75) is 50.5 Å². The molecule has 4 rings (SSSR count). The first kappa shape index (κ1) is 16.3. The minimum absolute atomic E-state index is 0.157. The number of rotatable bonds is 2.